The molecule has 2 amide bonds. The van der Waals surface area contributed by atoms with Gasteiger partial charge < -0.3 is 15.1 Å². The van der Waals surface area contributed by atoms with Gasteiger partial charge in [-0.25, -0.2) is 9.18 Å². The van der Waals surface area contributed by atoms with Gasteiger partial charge in [-0.15, -0.1) is 5.10 Å². The van der Waals surface area contributed by atoms with Crippen molar-refractivity contribution >= 4 is 23.4 Å². The summed E-state index contributed by atoms with van der Waals surface area (Å²) >= 11 is 6.26. The van der Waals surface area contributed by atoms with E-state index in [0.29, 0.717) is 11.6 Å². The molecule has 1 aromatic heterocycles. The van der Waals surface area contributed by atoms with Crippen molar-refractivity contribution < 1.29 is 9.18 Å². The largest absolute Gasteiger partial charge is 0.353 e. The van der Waals surface area contributed by atoms with Gasteiger partial charge in [-0.2, -0.15) is 5.10 Å². The molecule has 1 aliphatic heterocycles. The fourth-order valence-corrected chi connectivity index (χ4v) is 4.55. The molecule has 8 heteroatoms. The number of carbonyl (C=O) groups is 1. The minimum atomic E-state index is -0.344. The van der Waals surface area contributed by atoms with Crippen molar-refractivity contribution in [1.82, 2.24) is 20.4 Å². The Morgan fingerprint density at radius 3 is 2.80 bits per heavy atom. The van der Waals surface area contributed by atoms with Gasteiger partial charge >= 0.3 is 6.03 Å². The lowest BCUT2D eigenvalue weighted by molar-refractivity contribution is 0.181. The van der Waals surface area contributed by atoms with Crippen LogP contribution in [0.2, 0.25) is 5.02 Å². The molecule has 0 radical (unpaired) electrons. The monoisotopic (exact) mass is 431 g/mol. The average Bonchev–Trinajstić information content (AvgIpc) is 3.53. The molecule has 1 atom stereocenters. The number of hydrogen-bond donors (Lipinski definition) is 1. The number of urea groups is 1. The van der Waals surface area contributed by atoms with Crippen LogP contribution in [0.15, 0.2) is 30.3 Å². The molecule has 2 aliphatic rings. The van der Waals surface area contributed by atoms with Gasteiger partial charge in [0.15, 0.2) is 5.82 Å². The van der Waals surface area contributed by atoms with Crippen LogP contribution in [0.25, 0.3) is 0 Å². The van der Waals surface area contributed by atoms with Crippen molar-refractivity contribution in [2.45, 2.75) is 44.1 Å². The van der Waals surface area contributed by atoms with Gasteiger partial charge in [0.05, 0.1) is 11.7 Å². The van der Waals surface area contributed by atoms with Crippen LogP contribution in [0.4, 0.5) is 15.0 Å². The van der Waals surface area contributed by atoms with Gasteiger partial charge in [-0.05, 0) is 62.4 Å². The Kier molecular flexibility index (Phi) is 5.82. The van der Waals surface area contributed by atoms with Gasteiger partial charge in [-0.3, -0.25) is 0 Å². The molecule has 2 aromatic rings. The van der Waals surface area contributed by atoms with Crippen molar-refractivity contribution in [3.05, 3.63) is 52.4 Å². The third kappa shape index (κ3) is 4.36. The molecule has 1 N–H and O–H groups in total. The van der Waals surface area contributed by atoms with Crippen LogP contribution in [0, 0.1) is 12.7 Å². The van der Waals surface area contributed by atoms with Crippen molar-refractivity contribution in [2.24, 2.45) is 0 Å². The van der Waals surface area contributed by atoms with Gasteiger partial charge in [0, 0.05) is 37.1 Å². The molecular weight excluding hydrogens is 405 g/mol. The van der Waals surface area contributed by atoms with E-state index in [9.17, 15) is 9.18 Å². The van der Waals surface area contributed by atoms with E-state index >= 15 is 0 Å². The van der Waals surface area contributed by atoms with Crippen LogP contribution in [0.5, 0.6) is 0 Å². The summed E-state index contributed by atoms with van der Waals surface area (Å²) in [6, 6.07) is 8.46. The molecule has 1 unspecified atom stereocenters. The molecule has 1 saturated carbocycles. The zero-order valence-electron chi connectivity index (χ0n) is 17.4. The van der Waals surface area contributed by atoms with Crippen LogP contribution in [0.1, 0.15) is 36.9 Å². The summed E-state index contributed by atoms with van der Waals surface area (Å²) in [6.07, 6.45) is 3.82. The number of aromatic nitrogens is 2. The Bertz CT molecular complexity index is 918. The van der Waals surface area contributed by atoms with E-state index in [1.807, 2.05) is 26.1 Å². The highest BCUT2D eigenvalue weighted by Crippen LogP contribution is 2.50. The number of piperidine rings is 1. The summed E-state index contributed by atoms with van der Waals surface area (Å²) in [4.78, 5) is 16.8. The van der Waals surface area contributed by atoms with Gasteiger partial charge in [0.1, 0.15) is 5.82 Å². The highest BCUT2D eigenvalue weighted by atomic mass is 35.5. The highest BCUT2D eigenvalue weighted by Gasteiger charge is 2.46. The summed E-state index contributed by atoms with van der Waals surface area (Å²) < 4.78 is 13.4. The normalized spacial score (nSPS) is 20.0. The molecule has 2 fully saturated rings. The molecule has 2 heterocycles. The summed E-state index contributed by atoms with van der Waals surface area (Å²) in [5.74, 6) is 0.505. The van der Waals surface area contributed by atoms with E-state index in [1.165, 1.54) is 12.1 Å². The zero-order valence-corrected chi connectivity index (χ0v) is 18.1. The standard InChI is InChI=1S/C22H27ClFN5O/c1-15-5-8-20(27-26-15)29-11-3-4-17(13-29)28(2)21(30)25-14-22(9-10-22)18-7-6-16(24)12-19(18)23/h5-8,12,17H,3-4,9-11,13-14H2,1-2H3,(H,25,30). The van der Waals surface area contributed by atoms with Crippen LogP contribution in [-0.2, 0) is 5.41 Å². The Hall–Kier alpha value is -2.41. The Morgan fingerprint density at radius 1 is 1.33 bits per heavy atom. The summed E-state index contributed by atoms with van der Waals surface area (Å²) in [5, 5.41) is 11.9. The van der Waals surface area contributed by atoms with Crippen molar-refractivity contribution in [3.63, 3.8) is 0 Å². The number of hydrogen-bond acceptors (Lipinski definition) is 4. The maximum Gasteiger partial charge on any atom is 0.317 e. The minimum Gasteiger partial charge on any atom is -0.353 e. The molecule has 160 valence electrons. The number of nitrogens with zero attached hydrogens (tertiary/aromatic N) is 4. The molecule has 1 aromatic carbocycles. The number of rotatable bonds is 5. The number of carbonyl (C=O) groups excluding carboxylic acids is 1. The topological polar surface area (TPSA) is 61.4 Å². The van der Waals surface area contributed by atoms with Gasteiger partial charge in [0.2, 0.25) is 0 Å². The number of benzene rings is 1. The lowest BCUT2D eigenvalue weighted by Gasteiger charge is -2.38. The second-order valence-electron chi connectivity index (χ2n) is 8.45. The maximum atomic E-state index is 13.4. The first-order valence-electron chi connectivity index (χ1n) is 10.4. The van der Waals surface area contributed by atoms with Gasteiger partial charge in [0.25, 0.3) is 0 Å². The molecular formula is C22H27ClFN5O. The van der Waals surface area contributed by atoms with E-state index in [-0.39, 0.29) is 23.3 Å². The molecule has 1 saturated heterocycles. The van der Waals surface area contributed by atoms with Crippen LogP contribution in [-0.4, -0.2) is 53.9 Å². The summed E-state index contributed by atoms with van der Waals surface area (Å²) in [5.41, 5.74) is 1.62. The number of amides is 2. The number of aryl methyl sites for hydroxylation is 1. The van der Waals surface area contributed by atoms with Crippen LogP contribution in [0.3, 0.4) is 0 Å². The third-order valence-electron chi connectivity index (χ3n) is 6.31. The Labute approximate surface area is 181 Å². The molecule has 1 aliphatic carbocycles. The first kappa shape index (κ1) is 20.8. The SMILES string of the molecule is Cc1ccc(N2CCCC(N(C)C(=O)NCC3(c4ccc(F)cc4Cl)CC3)C2)nn1. The Balaban J connectivity index is 1.36. The number of likely N-dealkylation sites (N-methyl/N-ethyl adjacent to an activating group) is 1. The van der Waals surface area contributed by atoms with Crippen LogP contribution >= 0.6 is 11.6 Å². The van der Waals surface area contributed by atoms with E-state index in [0.717, 1.165) is 55.8 Å². The summed E-state index contributed by atoms with van der Waals surface area (Å²) in [7, 11) is 1.84. The van der Waals surface area contributed by atoms with E-state index < -0.39 is 0 Å². The van der Waals surface area contributed by atoms with E-state index in [1.54, 1.807) is 11.0 Å². The zero-order chi connectivity index (χ0) is 21.3. The highest BCUT2D eigenvalue weighted by molar-refractivity contribution is 6.31. The van der Waals surface area contributed by atoms with Crippen LogP contribution < -0.4 is 10.2 Å². The van der Waals surface area contributed by atoms with E-state index in [2.05, 4.69) is 20.4 Å². The number of anilines is 1. The average molecular weight is 432 g/mol. The lowest BCUT2D eigenvalue weighted by atomic mass is 9.96. The summed E-state index contributed by atoms with van der Waals surface area (Å²) in [6.45, 7) is 4.06. The predicted octanol–water partition coefficient (Wildman–Crippen LogP) is 3.92. The second-order valence-corrected chi connectivity index (χ2v) is 8.86. The molecule has 30 heavy (non-hydrogen) atoms. The van der Waals surface area contributed by atoms with Crippen molar-refractivity contribution in [1.29, 1.82) is 0 Å². The Morgan fingerprint density at radius 2 is 2.13 bits per heavy atom. The molecule has 4 rings (SSSR count). The molecule has 0 bridgehead atoms. The van der Waals surface area contributed by atoms with Gasteiger partial charge in [-0.1, -0.05) is 17.7 Å². The first-order valence-corrected chi connectivity index (χ1v) is 10.8. The maximum absolute atomic E-state index is 13.4. The molecule has 6 nitrogen and oxygen atoms in total. The first-order chi connectivity index (χ1) is 14.4. The quantitative estimate of drug-likeness (QED) is 0.779. The predicted molar refractivity (Wildman–Crippen MR) is 115 cm³/mol. The number of nitrogens with one attached hydrogen (secondary N) is 1. The fraction of sp³-hybridized carbons (Fsp3) is 0.500. The van der Waals surface area contributed by atoms with E-state index in [4.69, 9.17) is 11.6 Å². The number of halogens is 2. The van der Waals surface area contributed by atoms with Crippen molar-refractivity contribution in [3.8, 4) is 0 Å². The second kappa shape index (κ2) is 8.38. The van der Waals surface area contributed by atoms with Crippen molar-refractivity contribution in [2.75, 3.05) is 31.6 Å². The fourth-order valence-electron chi connectivity index (χ4n) is 4.19. The lowest BCUT2D eigenvalue weighted by Crippen LogP contribution is -2.52. The molecule has 0 spiro atoms. The minimum absolute atomic E-state index is 0.0960. The smallest absolute Gasteiger partial charge is 0.317 e. The third-order valence-corrected chi connectivity index (χ3v) is 6.62.